The Morgan fingerprint density at radius 3 is 2.50 bits per heavy atom. The van der Waals surface area contributed by atoms with Crippen molar-refractivity contribution in [3.63, 3.8) is 0 Å². The zero-order valence-corrected chi connectivity index (χ0v) is 13.6. The Labute approximate surface area is 131 Å². The number of para-hydroxylation sites is 1. The van der Waals surface area contributed by atoms with Crippen LogP contribution in [0.3, 0.4) is 0 Å². The van der Waals surface area contributed by atoms with Crippen molar-refractivity contribution in [3.05, 3.63) is 63.2 Å². The second-order valence-electron chi connectivity index (χ2n) is 4.22. The third-order valence-electron chi connectivity index (χ3n) is 3.13. The van der Waals surface area contributed by atoms with Crippen LogP contribution in [0.25, 0.3) is 0 Å². The Morgan fingerprint density at radius 2 is 1.67 bits per heavy atom. The number of rotatable bonds is 1. The van der Waals surface area contributed by atoms with E-state index in [2.05, 4.69) is 81.9 Å². The van der Waals surface area contributed by atoms with E-state index in [1.54, 1.807) is 0 Å². The van der Waals surface area contributed by atoms with E-state index >= 15 is 0 Å². The molecular formula is C15H13BrIN. The van der Waals surface area contributed by atoms with Gasteiger partial charge in [-0.25, -0.2) is 0 Å². The number of hydrogen-bond donors (Lipinski definition) is 0. The standard InChI is InChI=1S/C15H13IN.BrH/c16-14-7-3-4-8-15(14)17-10-9-12-5-1-2-6-13(12)11-17;/h1-8,11H,9-10H2;1H/q+1;/p-1. The maximum atomic E-state index is 2.40. The van der Waals surface area contributed by atoms with Crippen LogP contribution in [0.2, 0.25) is 0 Å². The molecule has 3 rings (SSSR count). The fourth-order valence-electron chi connectivity index (χ4n) is 2.24. The van der Waals surface area contributed by atoms with E-state index < -0.39 is 0 Å². The molecule has 3 heteroatoms. The molecule has 0 unspecified atom stereocenters. The van der Waals surface area contributed by atoms with Crippen molar-refractivity contribution in [3.8, 4) is 0 Å². The molecular weight excluding hydrogens is 401 g/mol. The molecule has 0 aromatic heterocycles. The lowest BCUT2D eigenvalue weighted by Gasteiger charge is -2.12. The molecule has 0 bridgehead atoms. The summed E-state index contributed by atoms with van der Waals surface area (Å²) in [6.45, 7) is 1.07. The SMILES string of the molecule is Ic1ccccc1[N+]1=Cc2ccccc2CC1.[Br-]. The van der Waals surface area contributed by atoms with Crippen molar-refractivity contribution < 1.29 is 21.6 Å². The Morgan fingerprint density at radius 1 is 0.944 bits per heavy atom. The minimum absolute atomic E-state index is 0. The Kier molecular flexibility index (Phi) is 4.56. The van der Waals surface area contributed by atoms with Crippen LogP contribution in [-0.2, 0) is 6.42 Å². The molecule has 0 radical (unpaired) electrons. The summed E-state index contributed by atoms with van der Waals surface area (Å²) in [6.07, 6.45) is 3.38. The van der Waals surface area contributed by atoms with E-state index in [9.17, 15) is 0 Å². The molecule has 2 aromatic carbocycles. The van der Waals surface area contributed by atoms with Crippen LogP contribution in [0, 0.1) is 3.57 Å². The fourth-order valence-corrected chi connectivity index (χ4v) is 2.93. The number of fused-ring (bicyclic) bond motifs is 1. The molecule has 0 fully saturated rings. The van der Waals surface area contributed by atoms with E-state index in [0.29, 0.717) is 0 Å². The summed E-state index contributed by atoms with van der Waals surface area (Å²) in [5, 5.41) is 0. The van der Waals surface area contributed by atoms with Crippen molar-refractivity contribution in [2.24, 2.45) is 0 Å². The van der Waals surface area contributed by atoms with E-state index in [1.165, 1.54) is 20.4 Å². The second kappa shape index (κ2) is 5.97. The molecule has 2 aromatic rings. The van der Waals surface area contributed by atoms with Crippen LogP contribution in [-0.4, -0.2) is 17.3 Å². The summed E-state index contributed by atoms with van der Waals surface area (Å²) in [5.41, 5.74) is 4.11. The lowest BCUT2D eigenvalue weighted by atomic mass is 10.0. The quantitative estimate of drug-likeness (QED) is 0.476. The monoisotopic (exact) mass is 413 g/mol. The molecule has 0 aliphatic carbocycles. The number of halogens is 2. The van der Waals surface area contributed by atoms with Gasteiger partial charge in [0.25, 0.3) is 0 Å². The van der Waals surface area contributed by atoms with Gasteiger partial charge in [-0.3, -0.25) is 0 Å². The van der Waals surface area contributed by atoms with E-state index in [0.717, 1.165) is 13.0 Å². The first-order valence-electron chi connectivity index (χ1n) is 5.78. The smallest absolute Gasteiger partial charge is 0.218 e. The summed E-state index contributed by atoms with van der Waals surface area (Å²) in [6, 6.07) is 17.2. The van der Waals surface area contributed by atoms with Crippen LogP contribution < -0.4 is 17.0 Å². The van der Waals surface area contributed by atoms with Gasteiger partial charge in [-0.2, -0.15) is 4.58 Å². The number of hydrogen-bond acceptors (Lipinski definition) is 0. The molecule has 92 valence electrons. The third-order valence-corrected chi connectivity index (χ3v) is 4.05. The van der Waals surface area contributed by atoms with E-state index in [-0.39, 0.29) is 17.0 Å². The lowest BCUT2D eigenvalue weighted by Crippen LogP contribution is -3.00. The molecule has 0 atom stereocenters. The van der Waals surface area contributed by atoms with Crippen LogP contribution in [0.15, 0.2) is 48.5 Å². The molecule has 0 saturated carbocycles. The summed E-state index contributed by atoms with van der Waals surface area (Å²) in [7, 11) is 0. The molecule has 0 N–H and O–H groups in total. The molecule has 0 amide bonds. The van der Waals surface area contributed by atoms with Gasteiger partial charge in [0.05, 0.1) is 3.57 Å². The maximum absolute atomic E-state index is 2.40. The van der Waals surface area contributed by atoms with Gasteiger partial charge in [-0.05, 0) is 40.3 Å². The van der Waals surface area contributed by atoms with Gasteiger partial charge in [0, 0.05) is 18.1 Å². The number of benzene rings is 2. The molecule has 1 nitrogen and oxygen atoms in total. The topological polar surface area (TPSA) is 3.01 Å². The van der Waals surface area contributed by atoms with Crippen molar-refractivity contribution in [2.45, 2.75) is 6.42 Å². The zero-order chi connectivity index (χ0) is 11.7. The van der Waals surface area contributed by atoms with Crippen molar-refractivity contribution in [2.75, 3.05) is 6.54 Å². The summed E-state index contributed by atoms with van der Waals surface area (Å²) in [4.78, 5) is 0. The highest BCUT2D eigenvalue weighted by Gasteiger charge is 2.18. The first kappa shape index (κ1) is 13.7. The molecule has 18 heavy (non-hydrogen) atoms. The first-order valence-corrected chi connectivity index (χ1v) is 6.86. The molecule has 0 saturated heterocycles. The Balaban J connectivity index is 0.00000120. The summed E-state index contributed by atoms with van der Waals surface area (Å²) in [5.74, 6) is 0. The third kappa shape index (κ3) is 2.67. The first-order chi connectivity index (χ1) is 8.34. The molecule has 1 aliphatic heterocycles. The molecule has 1 aliphatic rings. The second-order valence-corrected chi connectivity index (χ2v) is 5.38. The van der Waals surface area contributed by atoms with Crippen molar-refractivity contribution in [1.29, 1.82) is 0 Å². The van der Waals surface area contributed by atoms with Gasteiger partial charge in [0.2, 0.25) is 5.69 Å². The van der Waals surface area contributed by atoms with Crippen molar-refractivity contribution in [1.82, 2.24) is 0 Å². The van der Waals surface area contributed by atoms with Gasteiger partial charge >= 0.3 is 0 Å². The van der Waals surface area contributed by atoms with Gasteiger partial charge in [-0.1, -0.05) is 30.3 Å². The highest BCUT2D eigenvalue weighted by atomic mass is 127. The van der Waals surface area contributed by atoms with Crippen LogP contribution in [0.1, 0.15) is 11.1 Å². The molecule has 1 heterocycles. The van der Waals surface area contributed by atoms with Gasteiger partial charge in [0.1, 0.15) is 0 Å². The van der Waals surface area contributed by atoms with Gasteiger partial charge < -0.3 is 17.0 Å². The largest absolute Gasteiger partial charge is 1.00 e. The minimum atomic E-state index is 0. The van der Waals surface area contributed by atoms with Gasteiger partial charge in [-0.15, -0.1) is 0 Å². The summed E-state index contributed by atoms with van der Waals surface area (Å²) >= 11 is 2.40. The minimum Gasteiger partial charge on any atom is -1.00 e. The van der Waals surface area contributed by atoms with Crippen LogP contribution in [0.5, 0.6) is 0 Å². The van der Waals surface area contributed by atoms with E-state index in [4.69, 9.17) is 0 Å². The Bertz CT molecular complexity index is 593. The predicted molar refractivity (Wildman–Crippen MR) is 79.3 cm³/mol. The highest BCUT2D eigenvalue weighted by molar-refractivity contribution is 14.1. The van der Waals surface area contributed by atoms with Crippen LogP contribution >= 0.6 is 22.6 Å². The van der Waals surface area contributed by atoms with Crippen LogP contribution in [0.4, 0.5) is 5.69 Å². The predicted octanol–water partition coefficient (Wildman–Crippen LogP) is 0.614. The van der Waals surface area contributed by atoms with Crippen molar-refractivity contribution >= 4 is 34.5 Å². The van der Waals surface area contributed by atoms with E-state index in [1.807, 2.05) is 0 Å². The number of nitrogens with zero attached hydrogens (tertiary/aromatic N) is 1. The molecule has 0 spiro atoms. The van der Waals surface area contributed by atoms with Gasteiger partial charge in [0.15, 0.2) is 12.8 Å². The average molecular weight is 414 g/mol. The normalized spacial score (nSPS) is 13.3. The summed E-state index contributed by atoms with van der Waals surface area (Å²) < 4.78 is 3.66. The highest BCUT2D eigenvalue weighted by Crippen LogP contribution is 2.23. The zero-order valence-electron chi connectivity index (χ0n) is 9.81. The fraction of sp³-hybridized carbons (Fsp3) is 0.133. The Hall–Kier alpha value is -0.680. The maximum Gasteiger partial charge on any atom is 0.218 e. The average Bonchev–Trinajstić information content (AvgIpc) is 2.39. The lowest BCUT2D eigenvalue weighted by molar-refractivity contribution is -0.437.